The molecule has 0 bridgehead atoms. The molecule has 0 saturated carbocycles. The molecule has 5 nitrogen and oxygen atoms in total. The number of carbonyl (C=O) groups is 1. The number of amides is 1. The van der Waals surface area contributed by atoms with E-state index in [4.69, 9.17) is 5.73 Å². The normalized spacial score (nSPS) is 10.3. The Morgan fingerprint density at radius 3 is 2.94 bits per heavy atom. The van der Waals surface area contributed by atoms with Crippen molar-refractivity contribution in [1.29, 1.82) is 0 Å². The van der Waals surface area contributed by atoms with Gasteiger partial charge in [0, 0.05) is 16.8 Å². The molecule has 94 valence electrons. The number of nitrogens with one attached hydrogen (secondary N) is 2. The van der Waals surface area contributed by atoms with Crippen molar-refractivity contribution in [1.82, 2.24) is 10.3 Å². The van der Waals surface area contributed by atoms with E-state index in [1.807, 2.05) is 0 Å². The fraction of sp³-hybridized carbons (Fsp3) is 0.0909. The summed E-state index contributed by atoms with van der Waals surface area (Å²) < 4.78 is 0.571. The second-order valence-electron chi connectivity index (χ2n) is 3.56. The summed E-state index contributed by atoms with van der Waals surface area (Å²) in [5.41, 5.74) is 7.35. The number of aromatic amines is 1. The summed E-state index contributed by atoms with van der Waals surface area (Å²) in [7, 11) is 0. The maximum Gasteiger partial charge on any atom is 0.304 e. The number of anilines is 1. The van der Waals surface area contributed by atoms with E-state index in [0.717, 1.165) is 11.3 Å². The van der Waals surface area contributed by atoms with E-state index in [2.05, 4.69) is 26.2 Å². The lowest BCUT2D eigenvalue weighted by Gasteiger charge is -2.07. The van der Waals surface area contributed by atoms with Crippen molar-refractivity contribution in [3.8, 4) is 0 Å². The zero-order valence-corrected chi connectivity index (χ0v) is 11.6. The van der Waals surface area contributed by atoms with Crippen molar-refractivity contribution in [2.24, 2.45) is 0 Å². The number of hydrogen-bond acceptors (Lipinski definition) is 4. The van der Waals surface area contributed by atoms with Crippen LogP contribution in [0, 0.1) is 0 Å². The van der Waals surface area contributed by atoms with Crippen LogP contribution in [0.2, 0.25) is 0 Å². The lowest BCUT2D eigenvalue weighted by molar-refractivity contribution is 0.0949. The molecule has 1 aromatic heterocycles. The molecular weight excluding hydrogens is 318 g/mol. The number of H-pyrrole nitrogens is 1. The van der Waals surface area contributed by atoms with Crippen LogP contribution >= 0.6 is 27.3 Å². The number of nitrogens with two attached hydrogens (primary N) is 1. The smallest absolute Gasteiger partial charge is 0.304 e. The van der Waals surface area contributed by atoms with Gasteiger partial charge in [-0.1, -0.05) is 17.4 Å². The van der Waals surface area contributed by atoms with E-state index < -0.39 is 0 Å². The Balaban J connectivity index is 2.08. The average molecular weight is 328 g/mol. The lowest BCUT2D eigenvalue weighted by Crippen LogP contribution is -2.23. The first kappa shape index (κ1) is 12.8. The zero-order valence-electron chi connectivity index (χ0n) is 9.20. The van der Waals surface area contributed by atoms with Gasteiger partial charge in [0.1, 0.15) is 0 Å². The van der Waals surface area contributed by atoms with E-state index in [1.165, 1.54) is 0 Å². The maximum atomic E-state index is 11.9. The molecule has 1 amide bonds. The molecule has 0 aliphatic heterocycles. The minimum Gasteiger partial charge on any atom is -0.398 e. The van der Waals surface area contributed by atoms with Gasteiger partial charge in [0.15, 0.2) is 0 Å². The monoisotopic (exact) mass is 327 g/mol. The van der Waals surface area contributed by atoms with Crippen molar-refractivity contribution in [3.63, 3.8) is 0 Å². The zero-order chi connectivity index (χ0) is 13.1. The topological polar surface area (TPSA) is 88.0 Å². The van der Waals surface area contributed by atoms with Gasteiger partial charge in [-0.25, -0.2) is 0 Å². The van der Waals surface area contributed by atoms with Crippen LogP contribution in [0.1, 0.15) is 16.1 Å². The molecule has 0 unspecified atom stereocenters. The van der Waals surface area contributed by atoms with E-state index in [1.54, 1.807) is 23.6 Å². The highest BCUT2D eigenvalue weighted by Gasteiger charge is 2.11. The summed E-state index contributed by atoms with van der Waals surface area (Å²) in [5.74, 6) is -0.249. The van der Waals surface area contributed by atoms with Gasteiger partial charge in [0.25, 0.3) is 5.91 Å². The Morgan fingerprint density at radius 1 is 1.50 bits per heavy atom. The molecule has 1 heterocycles. The molecule has 0 aliphatic carbocycles. The molecule has 18 heavy (non-hydrogen) atoms. The number of halogens is 1. The third kappa shape index (κ3) is 2.80. The van der Waals surface area contributed by atoms with Crippen LogP contribution in [0.3, 0.4) is 0 Å². The number of thiazole rings is 1. The number of hydrogen-bond donors (Lipinski definition) is 3. The van der Waals surface area contributed by atoms with Gasteiger partial charge in [-0.3, -0.25) is 9.59 Å². The summed E-state index contributed by atoms with van der Waals surface area (Å²) in [6, 6.07) is 5.09. The molecular formula is C11H10BrN3O2S. The molecule has 0 spiro atoms. The first-order valence-corrected chi connectivity index (χ1v) is 6.74. The first-order valence-electron chi connectivity index (χ1n) is 5.07. The lowest BCUT2D eigenvalue weighted by atomic mass is 10.2. The van der Waals surface area contributed by atoms with Gasteiger partial charge in [-0.05, 0) is 28.1 Å². The molecule has 0 radical (unpaired) electrons. The van der Waals surface area contributed by atoms with Gasteiger partial charge in [0.05, 0.1) is 16.6 Å². The number of nitrogen functional groups attached to an aromatic ring is 1. The molecule has 2 rings (SSSR count). The highest BCUT2D eigenvalue weighted by Crippen LogP contribution is 2.23. The van der Waals surface area contributed by atoms with Gasteiger partial charge in [-0.2, -0.15) is 0 Å². The van der Waals surface area contributed by atoms with Crippen molar-refractivity contribution >= 4 is 38.9 Å². The molecule has 7 heteroatoms. The molecule has 0 aliphatic rings. The van der Waals surface area contributed by atoms with Crippen LogP contribution in [-0.2, 0) is 6.54 Å². The predicted molar refractivity (Wildman–Crippen MR) is 74.7 cm³/mol. The van der Waals surface area contributed by atoms with Crippen LogP contribution in [0.5, 0.6) is 0 Å². The van der Waals surface area contributed by atoms with Gasteiger partial charge >= 0.3 is 4.87 Å². The van der Waals surface area contributed by atoms with Crippen LogP contribution in [-0.4, -0.2) is 10.9 Å². The Labute approximate surface area is 115 Å². The average Bonchev–Trinajstić information content (AvgIpc) is 2.76. The van der Waals surface area contributed by atoms with Crippen LogP contribution in [0.4, 0.5) is 5.69 Å². The summed E-state index contributed by atoms with van der Waals surface area (Å²) in [5, 5.41) is 4.39. The minimum atomic E-state index is -0.249. The fourth-order valence-electron chi connectivity index (χ4n) is 1.40. The number of benzene rings is 1. The van der Waals surface area contributed by atoms with E-state index >= 15 is 0 Å². The summed E-state index contributed by atoms with van der Waals surface area (Å²) in [6.45, 7) is 0.277. The van der Waals surface area contributed by atoms with E-state index in [-0.39, 0.29) is 17.3 Å². The van der Waals surface area contributed by atoms with Crippen molar-refractivity contribution in [3.05, 3.63) is 49.0 Å². The predicted octanol–water partition coefficient (Wildman–Crippen LogP) is 1.71. The molecule has 1 aromatic carbocycles. The number of aromatic nitrogens is 1. The molecule has 0 fully saturated rings. The van der Waals surface area contributed by atoms with E-state index in [9.17, 15) is 9.59 Å². The van der Waals surface area contributed by atoms with Crippen LogP contribution in [0.25, 0.3) is 0 Å². The van der Waals surface area contributed by atoms with Crippen molar-refractivity contribution < 1.29 is 4.79 Å². The SMILES string of the molecule is Nc1cccc(C(=O)NCc2csc(=O)[nH]2)c1Br. The Kier molecular flexibility index (Phi) is 3.83. The van der Waals surface area contributed by atoms with Crippen molar-refractivity contribution in [2.45, 2.75) is 6.54 Å². The number of rotatable bonds is 3. The highest BCUT2D eigenvalue weighted by molar-refractivity contribution is 9.10. The van der Waals surface area contributed by atoms with Gasteiger partial charge < -0.3 is 16.0 Å². The quantitative estimate of drug-likeness (QED) is 0.750. The third-order valence-corrected chi connectivity index (χ3v) is 3.89. The van der Waals surface area contributed by atoms with Gasteiger partial charge in [0.2, 0.25) is 0 Å². The Bertz CT molecular complexity index is 635. The highest BCUT2D eigenvalue weighted by atomic mass is 79.9. The third-order valence-electron chi connectivity index (χ3n) is 2.28. The molecule has 4 N–H and O–H groups in total. The molecule has 0 saturated heterocycles. The van der Waals surface area contributed by atoms with Gasteiger partial charge in [-0.15, -0.1) is 0 Å². The molecule has 2 aromatic rings. The summed E-state index contributed by atoms with van der Waals surface area (Å²) in [4.78, 5) is 25.3. The second kappa shape index (κ2) is 5.36. The second-order valence-corrected chi connectivity index (χ2v) is 5.20. The minimum absolute atomic E-state index is 0.135. The first-order chi connectivity index (χ1) is 8.58. The fourth-order valence-corrected chi connectivity index (χ4v) is 2.42. The largest absolute Gasteiger partial charge is 0.398 e. The van der Waals surface area contributed by atoms with Crippen LogP contribution < -0.4 is 15.9 Å². The van der Waals surface area contributed by atoms with Crippen LogP contribution in [0.15, 0.2) is 32.8 Å². The standard InChI is InChI=1S/C11H10BrN3O2S/c12-9-7(2-1-3-8(9)13)10(16)14-4-6-5-18-11(17)15-6/h1-3,5H,4,13H2,(H,14,16)(H,15,17). The maximum absolute atomic E-state index is 11.9. The Morgan fingerprint density at radius 2 is 2.28 bits per heavy atom. The van der Waals surface area contributed by atoms with Crippen molar-refractivity contribution in [2.75, 3.05) is 5.73 Å². The summed E-state index contributed by atoms with van der Waals surface area (Å²) >= 11 is 4.34. The molecule has 0 atom stereocenters. The van der Waals surface area contributed by atoms with E-state index in [0.29, 0.717) is 21.4 Å². The Hall–Kier alpha value is -1.60. The summed E-state index contributed by atoms with van der Waals surface area (Å²) in [6.07, 6.45) is 0. The number of carbonyl (C=O) groups excluding carboxylic acids is 1.